The normalized spacial score (nSPS) is 26.2. The number of carboxylic acids is 1. The summed E-state index contributed by atoms with van der Waals surface area (Å²) >= 11 is 0. The first-order valence-corrected chi connectivity index (χ1v) is 5.71. The van der Waals surface area contributed by atoms with Crippen LogP contribution in [-0.2, 0) is 9.53 Å². The molecule has 0 spiro atoms. The summed E-state index contributed by atoms with van der Waals surface area (Å²) in [7, 11) is 0. The number of aliphatic carboxylic acids is 1. The molecule has 1 atom stereocenters. The molecule has 0 saturated heterocycles. The average molecular weight is 257 g/mol. The molecule has 0 amide bonds. The quantitative estimate of drug-likeness (QED) is 0.845. The van der Waals surface area contributed by atoms with Crippen LogP contribution in [0.4, 0.5) is 8.78 Å². The number of allylic oxidation sites excluding steroid dienone is 3. The molecule has 1 fully saturated rings. The fourth-order valence-electron chi connectivity index (χ4n) is 1.95. The molecule has 1 N–H and O–H groups in total. The van der Waals surface area contributed by atoms with Gasteiger partial charge in [-0.3, -0.25) is 0 Å². The number of halogens is 2. The predicted octanol–water partition coefficient (Wildman–Crippen LogP) is 2.52. The van der Waals surface area contributed by atoms with Gasteiger partial charge in [0.05, 0.1) is 6.21 Å². The Morgan fingerprint density at radius 3 is 2.89 bits per heavy atom. The molecule has 1 unspecified atom stereocenters. The smallest absolute Gasteiger partial charge is 0.354 e. The maximum Gasteiger partial charge on any atom is 0.354 e. The average Bonchev–Trinajstić information content (AvgIpc) is 2.52. The molecule has 1 saturated carbocycles. The summed E-state index contributed by atoms with van der Waals surface area (Å²) in [6, 6.07) is 0. The molecule has 2 aliphatic rings. The first-order chi connectivity index (χ1) is 8.49. The third kappa shape index (κ3) is 2.75. The third-order valence-electron chi connectivity index (χ3n) is 2.91. The van der Waals surface area contributed by atoms with Crippen LogP contribution in [0, 0.1) is 0 Å². The van der Waals surface area contributed by atoms with E-state index in [-0.39, 0.29) is 17.9 Å². The number of ether oxygens (including phenoxy) is 1. The molecule has 1 heterocycles. The van der Waals surface area contributed by atoms with E-state index < -0.39 is 18.0 Å². The summed E-state index contributed by atoms with van der Waals surface area (Å²) in [4.78, 5) is 14.4. The van der Waals surface area contributed by atoms with Crippen LogP contribution in [0.15, 0.2) is 28.6 Å². The molecule has 0 aromatic carbocycles. The fourth-order valence-corrected chi connectivity index (χ4v) is 1.95. The van der Waals surface area contributed by atoms with Gasteiger partial charge in [-0.2, -0.15) is 0 Å². The fraction of sp³-hybridized carbons (Fsp3) is 0.500. The number of rotatable bonds is 3. The summed E-state index contributed by atoms with van der Waals surface area (Å²) in [5.41, 5.74) is -0.108. The Kier molecular flexibility index (Phi) is 3.45. The summed E-state index contributed by atoms with van der Waals surface area (Å²) in [6.45, 7) is 0. The number of hydrogen-bond acceptors (Lipinski definition) is 3. The van der Waals surface area contributed by atoms with Crippen molar-refractivity contribution in [2.75, 3.05) is 0 Å². The zero-order valence-corrected chi connectivity index (χ0v) is 9.60. The molecular weight excluding hydrogens is 244 g/mol. The lowest BCUT2D eigenvalue weighted by atomic mass is 10.2. The van der Waals surface area contributed by atoms with E-state index in [2.05, 4.69) is 4.99 Å². The molecule has 98 valence electrons. The minimum absolute atomic E-state index is 0.108. The second-order valence-corrected chi connectivity index (χ2v) is 4.25. The molecule has 0 bridgehead atoms. The van der Waals surface area contributed by atoms with Crippen molar-refractivity contribution in [3.63, 3.8) is 0 Å². The van der Waals surface area contributed by atoms with Gasteiger partial charge < -0.3 is 9.84 Å². The van der Waals surface area contributed by atoms with Crippen LogP contribution in [0.1, 0.15) is 25.7 Å². The van der Waals surface area contributed by atoms with Crippen LogP contribution in [0.2, 0.25) is 0 Å². The number of hydrogen-bond donors (Lipinski definition) is 1. The van der Waals surface area contributed by atoms with E-state index in [1.807, 2.05) is 0 Å². The van der Waals surface area contributed by atoms with Gasteiger partial charge in [-0.1, -0.05) is 0 Å². The standard InChI is InChI=1S/C12H13F2NO3/c13-12(14)6-2-5-10(12)18-8-3-1-4-9(11(16)17)15-7-8/h3-4,7,10H,1-2,5-6H2,(H,16,17). The Hall–Kier alpha value is -1.72. The topological polar surface area (TPSA) is 58.9 Å². The van der Waals surface area contributed by atoms with Gasteiger partial charge in [0.15, 0.2) is 6.10 Å². The zero-order chi connectivity index (χ0) is 13.2. The Balaban J connectivity index is 2.02. The molecule has 0 aromatic rings. The minimum atomic E-state index is -2.82. The minimum Gasteiger partial charge on any atom is -0.483 e. The summed E-state index contributed by atoms with van der Waals surface area (Å²) in [6.07, 6.45) is 3.87. The van der Waals surface area contributed by atoms with E-state index in [0.717, 1.165) is 0 Å². The highest BCUT2D eigenvalue weighted by atomic mass is 19.3. The lowest BCUT2D eigenvalue weighted by Crippen LogP contribution is -2.29. The SMILES string of the molecule is O=C(O)C1=CCC=C(OC2CCCC2(F)F)C=N1. The molecule has 0 radical (unpaired) electrons. The molecule has 1 aliphatic heterocycles. The van der Waals surface area contributed by atoms with Gasteiger partial charge in [0.25, 0.3) is 5.92 Å². The van der Waals surface area contributed by atoms with Crippen molar-refractivity contribution in [1.29, 1.82) is 0 Å². The molecule has 0 aromatic heterocycles. The van der Waals surface area contributed by atoms with Gasteiger partial charge in [0.1, 0.15) is 11.5 Å². The van der Waals surface area contributed by atoms with E-state index >= 15 is 0 Å². The van der Waals surface area contributed by atoms with Gasteiger partial charge >= 0.3 is 5.97 Å². The maximum atomic E-state index is 13.4. The molecule has 2 rings (SSSR count). The van der Waals surface area contributed by atoms with Crippen molar-refractivity contribution in [1.82, 2.24) is 0 Å². The third-order valence-corrected chi connectivity index (χ3v) is 2.91. The van der Waals surface area contributed by atoms with Crippen LogP contribution < -0.4 is 0 Å². The highest BCUT2D eigenvalue weighted by molar-refractivity contribution is 5.90. The molecule has 18 heavy (non-hydrogen) atoms. The van der Waals surface area contributed by atoms with Gasteiger partial charge in [-0.15, -0.1) is 0 Å². The van der Waals surface area contributed by atoms with Crippen molar-refractivity contribution in [2.24, 2.45) is 4.99 Å². The molecule has 4 nitrogen and oxygen atoms in total. The summed E-state index contributed by atoms with van der Waals surface area (Å²) < 4.78 is 31.9. The van der Waals surface area contributed by atoms with E-state index in [4.69, 9.17) is 9.84 Å². The van der Waals surface area contributed by atoms with Crippen molar-refractivity contribution in [2.45, 2.75) is 37.7 Å². The van der Waals surface area contributed by atoms with Crippen LogP contribution >= 0.6 is 0 Å². The number of aliphatic imine (C=N–C) groups is 1. The highest BCUT2D eigenvalue weighted by Crippen LogP contribution is 2.38. The first-order valence-electron chi connectivity index (χ1n) is 5.71. The van der Waals surface area contributed by atoms with Crippen LogP contribution in [0.25, 0.3) is 0 Å². The number of carbonyl (C=O) groups is 1. The maximum absolute atomic E-state index is 13.4. The summed E-state index contributed by atoms with van der Waals surface area (Å²) in [5, 5.41) is 8.75. The van der Waals surface area contributed by atoms with Gasteiger partial charge in [-0.25, -0.2) is 18.6 Å². The van der Waals surface area contributed by atoms with Crippen LogP contribution in [-0.4, -0.2) is 29.3 Å². The van der Waals surface area contributed by atoms with Crippen molar-refractivity contribution >= 4 is 12.2 Å². The Morgan fingerprint density at radius 1 is 1.50 bits per heavy atom. The molecule has 6 heteroatoms. The number of alkyl halides is 2. The predicted molar refractivity (Wildman–Crippen MR) is 60.6 cm³/mol. The second kappa shape index (κ2) is 4.88. The van der Waals surface area contributed by atoms with E-state index in [9.17, 15) is 13.6 Å². The molecule has 1 aliphatic carbocycles. The van der Waals surface area contributed by atoms with Gasteiger partial charge in [-0.05, 0) is 31.4 Å². The zero-order valence-electron chi connectivity index (χ0n) is 9.60. The molecular formula is C12H13F2NO3. The van der Waals surface area contributed by atoms with E-state index in [1.54, 1.807) is 6.08 Å². The van der Waals surface area contributed by atoms with Crippen molar-refractivity contribution < 1.29 is 23.4 Å². The Labute approximate surface area is 103 Å². The Bertz CT molecular complexity index is 441. The lowest BCUT2D eigenvalue weighted by molar-refractivity contribution is -0.132. The van der Waals surface area contributed by atoms with E-state index in [1.165, 1.54) is 12.3 Å². The van der Waals surface area contributed by atoms with Crippen molar-refractivity contribution in [3.8, 4) is 0 Å². The van der Waals surface area contributed by atoms with E-state index in [0.29, 0.717) is 19.3 Å². The Morgan fingerprint density at radius 2 is 2.28 bits per heavy atom. The van der Waals surface area contributed by atoms with Gasteiger partial charge in [0.2, 0.25) is 0 Å². The highest BCUT2D eigenvalue weighted by Gasteiger charge is 2.45. The number of carboxylic acid groups (broad SMARTS) is 1. The summed E-state index contributed by atoms with van der Waals surface area (Å²) in [5.74, 6) is -3.76. The van der Waals surface area contributed by atoms with Crippen LogP contribution in [0.3, 0.4) is 0 Å². The van der Waals surface area contributed by atoms with Crippen molar-refractivity contribution in [3.05, 3.63) is 23.6 Å². The first kappa shape index (κ1) is 12.7. The van der Waals surface area contributed by atoms with Crippen LogP contribution in [0.5, 0.6) is 0 Å². The second-order valence-electron chi connectivity index (χ2n) is 4.25. The largest absolute Gasteiger partial charge is 0.483 e. The number of nitrogens with zero attached hydrogens (tertiary/aromatic N) is 1. The van der Waals surface area contributed by atoms with Gasteiger partial charge in [0, 0.05) is 6.42 Å². The monoisotopic (exact) mass is 257 g/mol. The lowest BCUT2D eigenvalue weighted by Gasteiger charge is -2.20.